The molecule has 1 aromatic carbocycles. The molecule has 88 valence electrons. The molecular formula is C11H15ClN2O2. The van der Waals surface area contributed by atoms with E-state index in [1.807, 2.05) is 31.1 Å². The summed E-state index contributed by atoms with van der Waals surface area (Å²) in [6.45, 7) is 0.761. The van der Waals surface area contributed by atoms with Crippen molar-refractivity contribution >= 4 is 11.6 Å². The highest BCUT2D eigenvalue weighted by Gasteiger charge is 2.21. The second-order valence-corrected chi connectivity index (χ2v) is 4.36. The van der Waals surface area contributed by atoms with Crippen LogP contribution in [0.5, 0.6) is 11.5 Å². The summed E-state index contributed by atoms with van der Waals surface area (Å²) in [6.07, 6.45) is 0. The van der Waals surface area contributed by atoms with E-state index < -0.39 is 0 Å². The lowest BCUT2D eigenvalue weighted by molar-refractivity contribution is 0.174. The number of nitrogens with zero attached hydrogens (tertiary/aromatic N) is 1. The summed E-state index contributed by atoms with van der Waals surface area (Å²) >= 11 is 6.12. The van der Waals surface area contributed by atoms with Crippen LogP contribution >= 0.6 is 11.6 Å². The first kappa shape index (κ1) is 11.5. The molecule has 1 aliphatic heterocycles. The number of benzene rings is 1. The fourth-order valence-electron chi connectivity index (χ4n) is 1.82. The van der Waals surface area contributed by atoms with Crippen LogP contribution in [0.4, 0.5) is 0 Å². The molecule has 4 nitrogen and oxygen atoms in total. The number of fused-ring (bicyclic) bond motifs is 1. The molecule has 0 saturated carbocycles. The monoisotopic (exact) mass is 242 g/mol. The Bertz CT molecular complexity index is 396. The average molecular weight is 243 g/mol. The Hall–Kier alpha value is -0.970. The Kier molecular flexibility index (Phi) is 3.23. The van der Waals surface area contributed by atoms with Crippen LogP contribution in [-0.2, 0) is 0 Å². The molecule has 0 aromatic heterocycles. The minimum atomic E-state index is 0.131. The van der Waals surface area contributed by atoms with Crippen molar-refractivity contribution in [2.24, 2.45) is 5.73 Å². The molecule has 0 bridgehead atoms. The van der Waals surface area contributed by atoms with E-state index in [-0.39, 0.29) is 12.8 Å². The largest absolute Gasteiger partial charge is 0.454 e. The van der Waals surface area contributed by atoms with Gasteiger partial charge in [-0.25, -0.2) is 0 Å². The van der Waals surface area contributed by atoms with E-state index in [0.29, 0.717) is 23.1 Å². The van der Waals surface area contributed by atoms with Gasteiger partial charge < -0.3 is 20.1 Å². The molecule has 0 fully saturated rings. The van der Waals surface area contributed by atoms with Crippen molar-refractivity contribution in [2.45, 2.75) is 6.04 Å². The Morgan fingerprint density at radius 2 is 2.19 bits per heavy atom. The van der Waals surface area contributed by atoms with Crippen LogP contribution in [0.15, 0.2) is 12.1 Å². The maximum atomic E-state index is 6.12. The van der Waals surface area contributed by atoms with E-state index in [0.717, 1.165) is 5.56 Å². The lowest BCUT2D eigenvalue weighted by atomic mass is 10.1. The van der Waals surface area contributed by atoms with Gasteiger partial charge in [-0.1, -0.05) is 11.6 Å². The first-order chi connectivity index (χ1) is 7.63. The molecule has 0 saturated heterocycles. The molecule has 1 aromatic rings. The van der Waals surface area contributed by atoms with Gasteiger partial charge in [0.15, 0.2) is 11.5 Å². The number of hydrogen-bond donors (Lipinski definition) is 1. The zero-order chi connectivity index (χ0) is 11.7. The van der Waals surface area contributed by atoms with Gasteiger partial charge >= 0.3 is 0 Å². The molecule has 2 rings (SSSR count). The predicted octanol–water partition coefficient (Wildman–Crippen LogP) is 1.63. The molecule has 1 unspecified atom stereocenters. The van der Waals surface area contributed by atoms with Crippen molar-refractivity contribution in [2.75, 3.05) is 27.4 Å². The third kappa shape index (κ3) is 1.96. The average Bonchev–Trinajstić information content (AvgIpc) is 2.66. The van der Waals surface area contributed by atoms with Gasteiger partial charge in [0, 0.05) is 12.6 Å². The molecule has 0 radical (unpaired) electrons. The summed E-state index contributed by atoms with van der Waals surface area (Å²) in [4.78, 5) is 2.05. The highest BCUT2D eigenvalue weighted by atomic mass is 35.5. The molecule has 1 atom stereocenters. The van der Waals surface area contributed by atoms with E-state index in [4.69, 9.17) is 26.8 Å². The van der Waals surface area contributed by atoms with Gasteiger partial charge in [-0.15, -0.1) is 0 Å². The van der Waals surface area contributed by atoms with Crippen LogP contribution in [0.3, 0.4) is 0 Å². The van der Waals surface area contributed by atoms with Crippen LogP contribution < -0.4 is 15.2 Å². The standard InChI is InChI=1S/C11H15ClN2O2/c1-14(2)9(5-13)7-3-8(12)11-10(4-7)15-6-16-11/h3-4,9H,5-6,13H2,1-2H3. The van der Waals surface area contributed by atoms with Gasteiger partial charge in [0.25, 0.3) is 0 Å². The van der Waals surface area contributed by atoms with Crippen LogP contribution in [0, 0.1) is 0 Å². The van der Waals surface area contributed by atoms with Crippen LogP contribution in [0.25, 0.3) is 0 Å². The fraction of sp³-hybridized carbons (Fsp3) is 0.455. The second kappa shape index (κ2) is 4.49. The van der Waals surface area contributed by atoms with E-state index in [9.17, 15) is 0 Å². The summed E-state index contributed by atoms with van der Waals surface area (Å²) in [7, 11) is 3.96. The molecule has 0 aliphatic carbocycles. The van der Waals surface area contributed by atoms with Gasteiger partial charge in [0.1, 0.15) is 0 Å². The van der Waals surface area contributed by atoms with Gasteiger partial charge in [0.2, 0.25) is 6.79 Å². The summed E-state index contributed by atoms with van der Waals surface area (Å²) in [5.41, 5.74) is 6.79. The fourth-order valence-corrected chi connectivity index (χ4v) is 2.10. The van der Waals surface area contributed by atoms with Gasteiger partial charge in [-0.3, -0.25) is 0 Å². The maximum absolute atomic E-state index is 6.12. The normalized spacial score (nSPS) is 15.6. The smallest absolute Gasteiger partial charge is 0.231 e. The molecule has 16 heavy (non-hydrogen) atoms. The minimum absolute atomic E-state index is 0.131. The van der Waals surface area contributed by atoms with Crippen LogP contribution in [0.1, 0.15) is 11.6 Å². The lowest BCUT2D eigenvalue weighted by Gasteiger charge is -2.23. The van der Waals surface area contributed by atoms with Crippen LogP contribution in [-0.4, -0.2) is 32.3 Å². The Morgan fingerprint density at radius 1 is 1.44 bits per heavy atom. The van der Waals surface area contributed by atoms with E-state index >= 15 is 0 Å². The molecule has 1 heterocycles. The third-order valence-corrected chi connectivity index (χ3v) is 2.96. The number of hydrogen-bond acceptors (Lipinski definition) is 4. The molecular weight excluding hydrogens is 228 g/mol. The number of likely N-dealkylation sites (N-methyl/N-ethyl adjacent to an activating group) is 1. The first-order valence-corrected chi connectivity index (χ1v) is 5.47. The van der Waals surface area contributed by atoms with Gasteiger partial charge in [-0.05, 0) is 31.8 Å². The number of nitrogens with two attached hydrogens (primary N) is 1. The Labute approximate surface area is 99.9 Å². The third-order valence-electron chi connectivity index (χ3n) is 2.68. The molecule has 0 spiro atoms. The lowest BCUT2D eigenvalue weighted by Crippen LogP contribution is -2.27. The van der Waals surface area contributed by atoms with Crippen molar-refractivity contribution < 1.29 is 9.47 Å². The van der Waals surface area contributed by atoms with E-state index in [2.05, 4.69) is 0 Å². The van der Waals surface area contributed by atoms with Crippen molar-refractivity contribution in [1.29, 1.82) is 0 Å². The van der Waals surface area contributed by atoms with Crippen molar-refractivity contribution in [3.05, 3.63) is 22.7 Å². The highest BCUT2D eigenvalue weighted by Crippen LogP contribution is 2.41. The van der Waals surface area contributed by atoms with Crippen molar-refractivity contribution in [3.63, 3.8) is 0 Å². The Balaban J connectivity index is 2.39. The zero-order valence-corrected chi connectivity index (χ0v) is 10.1. The zero-order valence-electron chi connectivity index (χ0n) is 9.37. The summed E-state index contributed by atoms with van der Waals surface area (Å²) in [5.74, 6) is 1.32. The van der Waals surface area contributed by atoms with Crippen molar-refractivity contribution in [1.82, 2.24) is 4.90 Å². The van der Waals surface area contributed by atoms with Crippen LogP contribution in [0.2, 0.25) is 5.02 Å². The Morgan fingerprint density at radius 3 is 2.81 bits per heavy atom. The molecule has 2 N–H and O–H groups in total. The quantitative estimate of drug-likeness (QED) is 0.875. The van der Waals surface area contributed by atoms with Crippen molar-refractivity contribution in [3.8, 4) is 11.5 Å². The SMILES string of the molecule is CN(C)C(CN)c1cc(Cl)c2c(c1)OCO2. The number of ether oxygens (including phenoxy) is 2. The summed E-state index contributed by atoms with van der Waals surface area (Å²) in [5, 5.41) is 0.574. The van der Waals surface area contributed by atoms with Gasteiger partial charge in [0.05, 0.1) is 5.02 Å². The maximum Gasteiger partial charge on any atom is 0.231 e. The first-order valence-electron chi connectivity index (χ1n) is 5.09. The summed E-state index contributed by atoms with van der Waals surface area (Å²) < 4.78 is 10.6. The molecule has 5 heteroatoms. The summed E-state index contributed by atoms with van der Waals surface area (Å²) in [6, 6.07) is 3.95. The molecule has 0 amide bonds. The number of halogens is 1. The van der Waals surface area contributed by atoms with E-state index in [1.54, 1.807) is 0 Å². The van der Waals surface area contributed by atoms with E-state index in [1.165, 1.54) is 0 Å². The number of rotatable bonds is 3. The van der Waals surface area contributed by atoms with Gasteiger partial charge in [-0.2, -0.15) is 0 Å². The molecule has 1 aliphatic rings. The topological polar surface area (TPSA) is 47.7 Å². The second-order valence-electron chi connectivity index (χ2n) is 3.95. The highest BCUT2D eigenvalue weighted by molar-refractivity contribution is 6.32. The predicted molar refractivity (Wildman–Crippen MR) is 63.1 cm³/mol. The minimum Gasteiger partial charge on any atom is -0.454 e.